The molecule has 0 aliphatic heterocycles. The van der Waals surface area contributed by atoms with Gasteiger partial charge in [-0.05, 0) is 49.6 Å². The zero-order chi connectivity index (χ0) is 17.5. The first-order valence-corrected chi connectivity index (χ1v) is 9.58. The second kappa shape index (κ2) is 9.14. The van der Waals surface area contributed by atoms with Gasteiger partial charge in [-0.15, -0.1) is 11.8 Å². The summed E-state index contributed by atoms with van der Waals surface area (Å²) in [7, 11) is 0. The predicted octanol–water partition coefficient (Wildman–Crippen LogP) is 5.79. The summed E-state index contributed by atoms with van der Waals surface area (Å²) in [5.41, 5.74) is 2.38. The van der Waals surface area contributed by atoms with E-state index in [-0.39, 0.29) is 17.2 Å². The Morgan fingerprint density at radius 3 is 2.21 bits per heavy atom. The molecule has 0 aromatic heterocycles. The SMILES string of the molecule is CCC(Sc1ccc(Cl)cc1)C(=O)NC(CC)c1ccc(C)cc1. The summed E-state index contributed by atoms with van der Waals surface area (Å²) >= 11 is 7.51. The number of rotatable bonds is 7. The molecule has 128 valence electrons. The second-order valence-corrected chi connectivity index (χ2v) is 7.56. The van der Waals surface area contributed by atoms with E-state index in [9.17, 15) is 4.79 Å². The quantitative estimate of drug-likeness (QED) is 0.632. The Labute approximate surface area is 154 Å². The molecular formula is C20H24ClNOS. The Balaban J connectivity index is 2.04. The van der Waals surface area contributed by atoms with Gasteiger partial charge in [0.15, 0.2) is 0 Å². The Morgan fingerprint density at radius 2 is 1.67 bits per heavy atom. The van der Waals surface area contributed by atoms with Crippen LogP contribution in [0, 0.1) is 6.92 Å². The molecule has 2 nitrogen and oxygen atoms in total. The Hall–Kier alpha value is -1.45. The molecule has 0 fully saturated rings. The van der Waals surface area contributed by atoms with E-state index in [1.54, 1.807) is 11.8 Å². The Kier molecular flexibility index (Phi) is 7.19. The van der Waals surface area contributed by atoms with Crippen LogP contribution in [-0.2, 0) is 4.79 Å². The van der Waals surface area contributed by atoms with Crippen molar-refractivity contribution in [3.63, 3.8) is 0 Å². The fourth-order valence-corrected chi connectivity index (χ4v) is 3.57. The summed E-state index contributed by atoms with van der Waals surface area (Å²) in [5.74, 6) is 0.0878. The number of carbonyl (C=O) groups is 1. The van der Waals surface area contributed by atoms with E-state index in [1.807, 2.05) is 31.2 Å². The maximum atomic E-state index is 12.7. The number of carbonyl (C=O) groups excluding carboxylic acids is 1. The van der Waals surface area contributed by atoms with Gasteiger partial charge in [-0.2, -0.15) is 0 Å². The maximum absolute atomic E-state index is 12.7. The third kappa shape index (κ3) is 5.29. The smallest absolute Gasteiger partial charge is 0.233 e. The van der Waals surface area contributed by atoms with Crippen molar-refractivity contribution in [3.8, 4) is 0 Å². The van der Waals surface area contributed by atoms with Crippen LogP contribution in [0.2, 0.25) is 5.02 Å². The molecule has 1 amide bonds. The van der Waals surface area contributed by atoms with Gasteiger partial charge in [0.1, 0.15) is 0 Å². The van der Waals surface area contributed by atoms with Crippen LogP contribution in [0.5, 0.6) is 0 Å². The number of thioether (sulfide) groups is 1. The van der Waals surface area contributed by atoms with Gasteiger partial charge in [0, 0.05) is 9.92 Å². The van der Waals surface area contributed by atoms with Crippen molar-refractivity contribution in [2.24, 2.45) is 0 Å². The largest absolute Gasteiger partial charge is 0.348 e. The van der Waals surface area contributed by atoms with Gasteiger partial charge < -0.3 is 5.32 Å². The Morgan fingerprint density at radius 1 is 1.04 bits per heavy atom. The number of amides is 1. The second-order valence-electron chi connectivity index (χ2n) is 5.85. The summed E-state index contributed by atoms with van der Waals surface area (Å²) < 4.78 is 0. The monoisotopic (exact) mass is 361 g/mol. The molecule has 2 aromatic carbocycles. The lowest BCUT2D eigenvalue weighted by Crippen LogP contribution is -2.35. The lowest BCUT2D eigenvalue weighted by molar-refractivity contribution is -0.121. The predicted molar refractivity (Wildman–Crippen MR) is 104 cm³/mol. The van der Waals surface area contributed by atoms with Crippen molar-refractivity contribution in [1.82, 2.24) is 5.32 Å². The van der Waals surface area contributed by atoms with Crippen molar-refractivity contribution in [1.29, 1.82) is 0 Å². The molecule has 2 unspecified atom stereocenters. The highest BCUT2D eigenvalue weighted by Gasteiger charge is 2.21. The summed E-state index contributed by atoms with van der Waals surface area (Å²) in [6.07, 6.45) is 1.65. The number of hydrogen-bond acceptors (Lipinski definition) is 2. The fraction of sp³-hybridized carbons (Fsp3) is 0.350. The van der Waals surface area contributed by atoms with E-state index in [0.717, 1.165) is 23.3 Å². The molecule has 2 aromatic rings. The summed E-state index contributed by atoms with van der Waals surface area (Å²) in [6.45, 7) is 6.21. The molecule has 0 saturated heterocycles. The highest BCUT2D eigenvalue weighted by Crippen LogP contribution is 2.28. The summed E-state index contributed by atoms with van der Waals surface area (Å²) in [6, 6.07) is 16.0. The van der Waals surface area contributed by atoms with Gasteiger partial charge in [0.05, 0.1) is 11.3 Å². The molecule has 0 heterocycles. The molecule has 2 rings (SSSR count). The summed E-state index contributed by atoms with van der Waals surface area (Å²) in [5, 5.41) is 3.80. The summed E-state index contributed by atoms with van der Waals surface area (Å²) in [4.78, 5) is 13.8. The fourth-order valence-electron chi connectivity index (χ4n) is 2.48. The minimum atomic E-state index is -0.106. The number of nitrogens with one attached hydrogen (secondary N) is 1. The van der Waals surface area contributed by atoms with Gasteiger partial charge in [0.25, 0.3) is 0 Å². The van der Waals surface area contributed by atoms with Gasteiger partial charge in [-0.3, -0.25) is 4.79 Å². The molecule has 0 aliphatic rings. The van der Waals surface area contributed by atoms with Crippen molar-refractivity contribution in [2.75, 3.05) is 0 Å². The van der Waals surface area contributed by atoms with Gasteiger partial charge >= 0.3 is 0 Å². The molecule has 2 atom stereocenters. The highest BCUT2D eigenvalue weighted by atomic mass is 35.5. The maximum Gasteiger partial charge on any atom is 0.233 e. The molecule has 24 heavy (non-hydrogen) atoms. The first kappa shape index (κ1) is 18.9. The minimum Gasteiger partial charge on any atom is -0.348 e. The first-order chi connectivity index (χ1) is 11.5. The molecule has 0 bridgehead atoms. The van der Waals surface area contributed by atoms with Crippen LogP contribution in [0.15, 0.2) is 53.4 Å². The molecule has 1 N–H and O–H groups in total. The lowest BCUT2D eigenvalue weighted by atomic mass is 10.0. The van der Waals surface area contributed by atoms with E-state index in [4.69, 9.17) is 11.6 Å². The van der Waals surface area contributed by atoms with Crippen LogP contribution in [0.1, 0.15) is 43.9 Å². The van der Waals surface area contributed by atoms with E-state index in [0.29, 0.717) is 5.02 Å². The zero-order valence-corrected chi connectivity index (χ0v) is 16.0. The third-order valence-corrected chi connectivity index (χ3v) is 5.59. The average Bonchev–Trinajstić information content (AvgIpc) is 2.59. The van der Waals surface area contributed by atoms with Crippen LogP contribution >= 0.6 is 23.4 Å². The third-order valence-electron chi connectivity index (χ3n) is 3.96. The zero-order valence-electron chi connectivity index (χ0n) is 14.4. The topological polar surface area (TPSA) is 29.1 Å². The van der Waals surface area contributed by atoms with Crippen LogP contribution in [-0.4, -0.2) is 11.2 Å². The lowest BCUT2D eigenvalue weighted by Gasteiger charge is -2.21. The van der Waals surface area contributed by atoms with Crippen LogP contribution < -0.4 is 5.32 Å². The van der Waals surface area contributed by atoms with Crippen molar-refractivity contribution in [2.45, 2.75) is 49.8 Å². The van der Waals surface area contributed by atoms with E-state index in [2.05, 4.69) is 43.4 Å². The number of benzene rings is 2. The van der Waals surface area contributed by atoms with Crippen molar-refractivity contribution >= 4 is 29.3 Å². The first-order valence-electron chi connectivity index (χ1n) is 8.32. The molecule has 0 saturated carbocycles. The van der Waals surface area contributed by atoms with Crippen molar-refractivity contribution < 1.29 is 4.79 Å². The average molecular weight is 362 g/mol. The normalized spacial score (nSPS) is 13.3. The molecular weight excluding hydrogens is 338 g/mol. The van der Waals surface area contributed by atoms with Crippen molar-refractivity contribution in [3.05, 3.63) is 64.7 Å². The molecule has 0 radical (unpaired) electrons. The van der Waals surface area contributed by atoms with Crippen LogP contribution in [0.4, 0.5) is 0 Å². The van der Waals surface area contributed by atoms with Gasteiger partial charge in [-0.1, -0.05) is 55.3 Å². The molecule has 4 heteroatoms. The molecule has 0 aliphatic carbocycles. The van der Waals surface area contributed by atoms with E-state index in [1.165, 1.54) is 5.56 Å². The van der Waals surface area contributed by atoms with Gasteiger partial charge in [-0.25, -0.2) is 0 Å². The number of aryl methyl sites for hydroxylation is 1. The number of halogens is 1. The van der Waals surface area contributed by atoms with E-state index >= 15 is 0 Å². The Bertz CT molecular complexity index is 654. The molecule has 0 spiro atoms. The van der Waals surface area contributed by atoms with Crippen LogP contribution in [0.25, 0.3) is 0 Å². The minimum absolute atomic E-state index is 0.0537. The van der Waals surface area contributed by atoms with E-state index < -0.39 is 0 Å². The number of hydrogen-bond donors (Lipinski definition) is 1. The van der Waals surface area contributed by atoms with Crippen LogP contribution in [0.3, 0.4) is 0 Å². The van der Waals surface area contributed by atoms with Gasteiger partial charge in [0.2, 0.25) is 5.91 Å². The standard InChI is InChI=1S/C20H24ClNOS/c1-4-18(15-8-6-14(3)7-9-15)22-20(23)19(5-2)24-17-12-10-16(21)11-13-17/h6-13,18-19H,4-5H2,1-3H3,(H,22,23). The highest BCUT2D eigenvalue weighted by molar-refractivity contribution is 8.00.